The first-order valence-corrected chi connectivity index (χ1v) is 6.96. The smallest absolute Gasteiger partial charge is 0.0719 e. The summed E-state index contributed by atoms with van der Waals surface area (Å²) >= 11 is 0. The van der Waals surface area contributed by atoms with Crippen LogP contribution in [0.25, 0.3) is 11.1 Å². The van der Waals surface area contributed by atoms with Crippen LogP contribution in [0, 0.1) is 6.92 Å². The zero-order valence-corrected chi connectivity index (χ0v) is 12.4. The van der Waals surface area contributed by atoms with Gasteiger partial charge in [0.2, 0.25) is 0 Å². The lowest BCUT2D eigenvalue weighted by Crippen LogP contribution is -2.10. The van der Waals surface area contributed by atoms with E-state index in [-0.39, 0.29) is 0 Å². The van der Waals surface area contributed by atoms with Crippen molar-refractivity contribution >= 4 is 0 Å². The standard InChI is InChI=1S/C15H15NO.C2H7N/c1-11-9-12(5-7-16-11)14-4-2-3-13-10-17-8-6-15(13)14;1-3-2/h2-5,7,9H,6,8,10H2,1H3;3H,1-2H3. The van der Waals surface area contributed by atoms with Crippen LogP contribution in [0.15, 0.2) is 36.5 Å². The molecule has 0 atom stereocenters. The summed E-state index contributed by atoms with van der Waals surface area (Å²) in [6.45, 7) is 3.60. The first-order valence-electron chi connectivity index (χ1n) is 6.96. The van der Waals surface area contributed by atoms with Gasteiger partial charge >= 0.3 is 0 Å². The third kappa shape index (κ3) is 3.44. The van der Waals surface area contributed by atoms with Gasteiger partial charge in [-0.25, -0.2) is 0 Å². The summed E-state index contributed by atoms with van der Waals surface area (Å²) < 4.78 is 5.50. The monoisotopic (exact) mass is 270 g/mol. The molecule has 1 aliphatic rings. The summed E-state index contributed by atoms with van der Waals surface area (Å²) in [6, 6.07) is 10.7. The zero-order valence-electron chi connectivity index (χ0n) is 12.4. The molecule has 1 aliphatic heterocycles. The molecule has 106 valence electrons. The molecule has 0 radical (unpaired) electrons. The second-order valence-corrected chi connectivity index (χ2v) is 4.93. The van der Waals surface area contributed by atoms with Gasteiger partial charge in [-0.15, -0.1) is 0 Å². The average molecular weight is 270 g/mol. The van der Waals surface area contributed by atoms with Gasteiger partial charge in [-0.1, -0.05) is 18.2 Å². The van der Waals surface area contributed by atoms with Gasteiger partial charge in [0, 0.05) is 11.9 Å². The number of hydrogen-bond donors (Lipinski definition) is 1. The van der Waals surface area contributed by atoms with Gasteiger partial charge in [-0.3, -0.25) is 4.98 Å². The van der Waals surface area contributed by atoms with Crippen LogP contribution in [0.5, 0.6) is 0 Å². The number of ether oxygens (including phenoxy) is 1. The summed E-state index contributed by atoms with van der Waals surface area (Å²) in [4.78, 5) is 4.25. The molecule has 2 aromatic rings. The Morgan fingerprint density at radius 3 is 2.75 bits per heavy atom. The highest BCUT2D eigenvalue weighted by Crippen LogP contribution is 2.29. The van der Waals surface area contributed by atoms with E-state index in [1.165, 1.54) is 22.3 Å². The van der Waals surface area contributed by atoms with Crippen LogP contribution in [-0.4, -0.2) is 25.7 Å². The normalized spacial score (nSPS) is 13.2. The van der Waals surface area contributed by atoms with Crippen molar-refractivity contribution in [1.82, 2.24) is 10.3 Å². The molecule has 1 N–H and O–H groups in total. The highest BCUT2D eigenvalue weighted by Gasteiger charge is 2.14. The molecule has 3 rings (SSSR count). The van der Waals surface area contributed by atoms with Crippen molar-refractivity contribution in [3.8, 4) is 11.1 Å². The van der Waals surface area contributed by atoms with E-state index < -0.39 is 0 Å². The Bertz CT molecular complexity index is 567. The Hall–Kier alpha value is -1.71. The van der Waals surface area contributed by atoms with Crippen molar-refractivity contribution in [3.63, 3.8) is 0 Å². The van der Waals surface area contributed by atoms with E-state index in [1.54, 1.807) is 0 Å². The molecule has 0 saturated heterocycles. The average Bonchev–Trinajstić information content (AvgIpc) is 2.47. The van der Waals surface area contributed by atoms with Crippen molar-refractivity contribution in [3.05, 3.63) is 53.3 Å². The predicted octanol–water partition coefficient (Wildman–Crippen LogP) is 2.97. The number of fused-ring (bicyclic) bond motifs is 1. The van der Waals surface area contributed by atoms with E-state index >= 15 is 0 Å². The number of nitrogens with one attached hydrogen (secondary N) is 1. The second kappa shape index (κ2) is 7.17. The number of nitrogens with zero attached hydrogens (tertiary/aromatic N) is 1. The first kappa shape index (κ1) is 14.7. The molecule has 0 unspecified atom stereocenters. The second-order valence-electron chi connectivity index (χ2n) is 4.93. The van der Waals surface area contributed by atoms with Gasteiger partial charge in [0.05, 0.1) is 13.2 Å². The molecule has 20 heavy (non-hydrogen) atoms. The molecular formula is C17H22N2O. The van der Waals surface area contributed by atoms with E-state index in [2.05, 4.69) is 40.6 Å². The van der Waals surface area contributed by atoms with Crippen molar-refractivity contribution < 1.29 is 4.74 Å². The minimum absolute atomic E-state index is 0.743. The van der Waals surface area contributed by atoms with Gasteiger partial charge in [0.25, 0.3) is 0 Å². The van der Waals surface area contributed by atoms with Gasteiger partial charge in [0.1, 0.15) is 0 Å². The number of hydrogen-bond acceptors (Lipinski definition) is 3. The van der Waals surface area contributed by atoms with Crippen LogP contribution in [-0.2, 0) is 17.8 Å². The lowest BCUT2D eigenvalue weighted by atomic mass is 9.93. The van der Waals surface area contributed by atoms with Gasteiger partial charge in [0.15, 0.2) is 0 Å². The topological polar surface area (TPSA) is 34.1 Å². The van der Waals surface area contributed by atoms with Gasteiger partial charge < -0.3 is 10.1 Å². The van der Waals surface area contributed by atoms with Crippen molar-refractivity contribution in [2.75, 3.05) is 20.7 Å². The number of aryl methyl sites for hydroxylation is 1. The minimum Gasteiger partial charge on any atom is -0.376 e. The van der Waals surface area contributed by atoms with Crippen LogP contribution in [0.3, 0.4) is 0 Å². The SMILES string of the molecule is CNC.Cc1cc(-c2cccc3c2CCOC3)ccn1. The number of benzene rings is 1. The third-order valence-electron chi connectivity index (χ3n) is 3.23. The fraction of sp³-hybridized carbons (Fsp3) is 0.353. The zero-order chi connectivity index (χ0) is 14.4. The summed E-state index contributed by atoms with van der Waals surface area (Å²) in [5.41, 5.74) is 6.41. The van der Waals surface area contributed by atoms with E-state index in [4.69, 9.17) is 4.74 Å². The summed E-state index contributed by atoms with van der Waals surface area (Å²) in [6.07, 6.45) is 2.89. The summed E-state index contributed by atoms with van der Waals surface area (Å²) in [5, 5.41) is 2.75. The molecule has 0 spiro atoms. The number of rotatable bonds is 1. The molecule has 0 aliphatic carbocycles. The fourth-order valence-corrected chi connectivity index (χ4v) is 2.41. The van der Waals surface area contributed by atoms with E-state index in [1.807, 2.05) is 27.2 Å². The van der Waals surface area contributed by atoms with Crippen molar-refractivity contribution in [2.24, 2.45) is 0 Å². The summed E-state index contributed by atoms with van der Waals surface area (Å²) in [7, 11) is 3.75. The molecular weight excluding hydrogens is 248 g/mol. The minimum atomic E-state index is 0.743. The Morgan fingerprint density at radius 1 is 1.20 bits per heavy atom. The van der Waals surface area contributed by atoms with Crippen LogP contribution in [0.4, 0.5) is 0 Å². The molecule has 1 aromatic heterocycles. The highest BCUT2D eigenvalue weighted by molar-refractivity contribution is 5.69. The fourth-order valence-electron chi connectivity index (χ4n) is 2.41. The quantitative estimate of drug-likeness (QED) is 0.865. The molecule has 2 heterocycles. The van der Waals surface area contributed by atoms with E-state index in [9.17, 15) is 0 Å². The third-order valence-corrected chi connectivity index (χ3v) is 3.23. The molecule has 0 fully saturated rings. The lowest BCUT2D eigenvalue weighted by Gasteiger charge is -2.20. The molecule has 0 saturated carbocycles. The largest absolute Gasteiger partial charge is 0.376 e. The Labute approximate surface area is 121 Å². The van der Waals surface area contributed by atoms with Crippen LogP contribution < -0.4 is 5.32 Å². The number of pyridine rings is 1. The van der Waals surface area contributed by atoms with Crippen molar-refractivity contribution in [2.45, 2.75) is 20.0 Å². The molecule has 0 amide bonds. The Kier molecular flexibility index (Phi) is 5.27. The molecule has 3 heteroatoms. The van der Waals surface area contributed by atoms with E-state index in [0.29, 0.717) is 0 Å². The summed E-state index contributed by atoms with van der Waals surface area (Å²) in [5.74, 6) is 0. The maximum absolute atomic E-state index is 5.50. The van der Waals surface area contributed by atoms with Gasteiger partial charge in [-0.05, 0) is 61.8 Å². The molecule has 1 aromatic carbocycles. The number of aromatic nitrogens is 1. The Balaban J connectivity index is 0.000000452. The van der Waals surface area contributed by atoms with Gasteiger partial charge in [-0.2, -0.15) is 0 Å². The highest BCUT2D eigenvalue weighted by atomic mass is 16.5. The maximum Gasteiger partial charge on any atom is 0.0719 e. The van der Waals surface area contributed by atoms with Crippen molar-refractivity contribution in [1.29, 1.82) is 0 Å². The maximum atomic E-state index is 5.50. The van der Waals surface area contributed by atoms with Crippen LogP contribution in [0.2, 0.25) is 0 Å². The van der Waals surface area contributed by atoms with E-state index in [0.717, 1.165) is 25.3 Å². The van der Waals surface area contributed by atoms with Crippen LogP contribution >= 0.6 is 0 Å². The Morgan fingerprint density at radius 2 is 2.00 bits per heavy atom. The first-order chi connectivity index (χ1) is 9.76. The lowest BCUT2D eigenvalue weighted by molar-refractivity contribution is 0.111. The molecule has 3 nitrogen and oxygen atoms in total. The predicted molar refractivity (Wildman–Crippen MR) is 82.8 cm³/mol. The van der Waals surface area contributed by atoms with Crippen LogP contribution in [0.1, 0.15) is 16.8 Å². The molecule has 0 bridgehead atoms.